The molecule has 116 valence electrons. The molecule has 0 aliphatic rings. The molecule has 0 radical (unpaired) electrons. The number of carbonyl (C=O) groups is 2. The monoisotopic (exact) mass is 384 g/mol. The van der Waals surface area contributed by atoms with E-state index in [0.29, 0.717) is 15.6 Å². The van der Waals surface area contributed by atoms with E-state index in [4.69, 9.17) is 46.4 Å². The molecule has 0 unspecified atom stereocenters. The molecule has 0 N–H and O–H groups in total. The zero-order valence-corrected chi connectivity index (χ0v) is 13.6. The number of carbonyl (C=O) groups excluding carboxylic acids is 2. The summed E-state index contributed by atoms with van der Waals surface area (Å²) in [6.07, 6.45) is 0. The average molecular weight is 386 g/mol. The molecule has 0 bridgehead atoms. The molecule has 0 atom stereocenters. The third-order valence-corrected chi connectivity index (χ3v) is 3.09. The van der Waals surface area contributed by atoms with Crippen LogP contribution in [0.15, 0.2) is 36.4 Å². The molecule has 0 aliphatic heterocycles. The molecule has 2 aromatic rings. The van der Waals surface area contributed by atoms with Gasteiger partial charge in [-0.2, -0.15) is 0 Å². The van der Waals surface area contributed by atoms with Gasteiger partial charge in [-0.3, -0.25) is 9.59 Å². The first-order valence-corrected chi connectivity index (χ1v) is 7.02. The maximum absolute atomic E-state index is 12.5. The van der Waals surface area contributed by atoms with E-state index in [9.17, 15) is 18.4 Å². The summed E-state index contributed by atoms with van der Waals surface area (Å²) in [5.74, 6) is -1.50. The van der Waals surface area contributed by atoms with Gasteiger partial charge in [0.1, 0.15) is 11.6 Å². The van der Waals surface area contributed by atoms with Gasteiger partial charge in [0.05, 0.1) is 5.56 Å². The fourth-order valence-electron chi connectivity index (χ4n) is 1.32. The van der Waals surface area contributed by atoms with Crippen LogP contribution in [0.3, 0.4) is 0 Å². The Bertz CT molecular complexity index is 700. The fraction of sp³-hybridized carbons (Fsp3) is 0. The SMILES string of the molecule is O=C(Cl)c1cc(Cl)cc(Cl)c1.O=C(Cl)c1cc(F)ccc1F. The molecule has 2 aromatic carbocycles. The second-order valence-corrected chi connectivity index (χ2v) is 5.39. The Morgan fingerprint density at radius 3 is 1.77 bits per heavy atom. The van der Waals surface area contributed by atoms with Crippen molar-refractivity contribution in [2.24, 2.45) is 0 Å². The Kier molecular flexibility index (Phi) is 7.23. The summed E-state index contributed by atoms with van der Waals surface area (Å²) in [5.41, 5.74) is -0.129. The number of halogens is 6. The van der Waals surface area contributed by atoms with Gasteiger partial charge in [-0.05, 0) is 59.6 Å². The Balaban J connectivity index is 0.000000220. The molecule has 0 aromatic heterocycles. The Morgan fingerprint density at radius 2 is 1.36 bits per heavy atom. The lowest BCUT2D eigenvalue weighted by atomic mass is 10.2. The highest BCUT2D eigenvalue weighted by Crippen LogP contribution is 2.19. The van der Waals surface area contributed by atoms with Gasteiger partial charge < -0.3 is 0 Å². The highest BCUT2D eigenvalue weighted by molar-refractivity contribution is 6.68. The van der Waals surface area contributed by atoms with E-state index in [1.54, 1.807) is 0 Å². The maximum atomic E-state index is 12.5. The molecule has 2 rings (SSSR count). The van der Waals surface area contributed by atoms with Crippen LogP contribution < -0.4 is 0 Å². The van der Waals surface area contributed by atoms with Crippen LogP contribution in [-0.2, 0) is 0 Å². The Labute approximate surface area is 144 Å². The second kappa shape index (κ2) is 8.44. The number of hydrogen-bond donors (Lipinski definition) is 0. The topological polar surface area (TPSA) is 34.1 Å². The molecule has 0 spiro atoms. The zero-order chi connectivity index (χ0) is 16.9. The van der Waals surface area contributed by atoms with Crippen LogP contribution >= 0.6 is 46.4 Å². The van der Waals surface area contributed by atoms with Gasteiger partial charge in [0, 0.05) is 15.6 Å². The third-order valence-electron chi connectivity index (χ3n) is 2.23. The van der Waals surface area contributed by atoms with Crippen molar-refractivity contribution in [2.45, 2.75) is 0 Å². The standard InChI is InChI=1S/C7H3Cl3O.C7H3ClF2O/c8-5-1-4(7(10)11)2-6(9)3-5;8-7(11)5-3-4(9)1-2-6(5)10/h2*1-3H. The first-order valence-electron chi connectivity index (χ1n) is 5.51. The van der Waals surface area contributed by atoms with E-state index in [0.717, 1.165) is 18.2 Å². The lowest BCUT2D eigenvalue weighted by Crippen LogP contribution is -1.94. The summed E-state index contributed by atoms with van der Waals surface area (Å²) >= 11 is 21.3. The molecule has 0 saturated carbocycles. The molecule has 0 saturated heterocycles. The summed E-state index contributed by atoms with van der Waals surface area (Å²) in [6, 6.07) is 6.98. The van der Waals surface area contributed by atoms with Crippen molar-refractivity contribution in [1.82, 2.24) is 0 Å². The minimum absolute atomic E-state index is 0.309. The van der Waals surface area contributed by atoms with E-state index in [1.165, 1.54) is 18.2 Å². The lowest BCUT2D eigenvalue weighted by Gasteiger charge is -1.95. The van der Waals surface area contributed by atoms with Gasteiger partial charge in [0.15, 0.2) is 0 Å². The molecule has 0 aliphatic carbocycles. The predicted molar refractivity (Wildman–Crippen MR) is 83.2 cm³/mol. The van der Waals surface area contributed by atoms with Crippen molar-refractivity contribution in [3.05, 3.63) is 69.2 Å². The summed E-state index contributed by atoms with van der Waals surface area (Å²) in [5, 5.41) is -0.751. The van der Waals surface area contributed by atoms with Crippen molar-refractivity contribution < 1.29 is 18.4 Å². The maximum Gasteiger partial charge on any atom is 0.255 e. The van der Waals surface area contributed by atoms with Crippen LogP contribution in [0.5, 0.6) is 0 Å². The lowest BCUT2D eigenvalue weighted by molar-refractivity contribution is 0.107. The van der Waals surface area contributed by atoms with Crippen LogP contribution in [0.1, 0.15) is 20.7 Å². The van der Waals surface area contributed by atoms with Crippen LogP contribution in [0.25, 0.3) is 0 Å². The Morgan fingerprint density at radius 1 is 0.818 bits per heavy atom. The Hall–Kier alpha value is -1.20. The van der Waals surface area contributed by atoms with Gasteiger partial charge in [0.2, 0.25) is 0 Å². The molecule has 2 nitrogen and oxygen atoms in total. The smallest absolute Gasteiger partial charge is 0.255 e. The van der Waals surface area contributed by atoms with Crippen LogP contribution in [-0.4, -0.2) is 10.5 Å². The average Bonchev–Trinajstić information content (AvgIpc) is 2.41. The van der Waals surface area contributed by atoms with Crippen molar-refractivity contribution in [3.63, 3.8) is 0 Å². The number of rotatable bonds is 2. The first kappa shape index (κ1) is 18.8. The molecule has 8 heteroatoms. The van der Waals surface area contributed by atoms with Gasteiger partial charge in [-0.15, -0.1) is 0 Å². The highest BCUT2D eigenvalue weighted by Gasteiger charge is 2.09. The predicted octanol–water partition coefficient (Wildman–Crippen LogP) is 5.72. The minimum atomic E-state index is -0.998. The minimum Gasteiger partial charge on any atom is -0.276 e. The van der Waals surface area contributed by atoms with Crippen molar-refractivity contribution in [3.8, 4) is 0 Å². The number of hydrogen-bond acceptors (Lipinski definition) is 2. The van der Waals surface area contributed by atoms with Crippen LogP contribution in [0.4, 0.5) is 8.78 Å². The van der Waals surface area contributed by atoms with E-state index in [1.807, 2.05) is 0 Å². The van der Waals surface area contributed by atoms with Crippen molar-refractivity contribution in [2.75, 3.05) is 0 Å². The molecular formula is C14H6Cl4F2O2. The summed E-state index contributed by atoms with van der Waals surface area (Å²) in [4.78, 5) is 21.0. The molecule has 0 amide bonds. The van der Waals surface area contributed by atoms with Gasteiger partial charge >= 0.3 is 0 Å². The quantitative estimate of drug-likeness (QED) is 0.620. The largest absolute Gasteiger partial charge is 0.276 e. The summed E-state index contributed by atoms with van der Waals surface area (Å²) in [6.45, 7) is 0. The van der Waals surface area contributed by atoms with Crippen LogP contribution in [0, 0.1) is 11.6 Å². The normalized spacial score (nSPS) is 9.73. The van der Waals surface area contributed by atoms with Crippen molar-refractivity contribution in [1.29, 1.82) is 0 Å². The first-order chi connectivity index (χ1) is 10.2. The molecule has 0 heterocycles. The highest BCUT2D eigenvalue weighted by atomic mass is 35.5. The van der Waals surface area contributed by atoms with E-state index in [-0.39, 0.29) is 0 Å². The summed E-state index contributed by atoms with van der Waals surface area (Å²) in [7, 11) is 0. The van der Waals surface area contributed by atoms with Gasteiger partial charge in [-0.25, -0.2) is 8.78 Å². The van der Waals surface area contributed by atoms with Crippen molar-refractivity contribution >= 4 is 56.9 Å². The van der Waals surface area contributed by atoms with Gasteiger partial charge in [0.25, 0.3) is 10.5 Å². The van der Waals surface area contributed by atoms with E-state index < -0.39 is 27.7 Å². The van der Waals surface area contributed by atoms with Gasteiger partial charge in [-0.1, -0.05) is 23.2 Å². The molecule has 22 heavy (non-hydrogen) atoms. The second-order valence-electron chi connectivity index (χ2n) is 3.83. The number of benzene rings is 2. The van der Waals surface area contributed by atoms with Crippen LogP contribution in [0.2, 0.25) is 10.0 Å². The van der Waals surface area contributed by atoms with E-state index >= 15 is 0 Å². The zero-order valence-electron chi connectivity index (χ0n) is 10.5. The molecule has 0 fully saturated rings. The molecular weight excluding hydrogens is 380 g/mol. The van der Waals surface area contributed by atoms with E-state index in [2.05, 4.69) is 0 Å². The third kappa shape index (κ3) is 5.89. The fourth-order valence-corrected chi connectivity index (χ4v) is 2.10. The summed E-state index contributed by atoms with van der Waals surface area (Å²) < 4.78 is 24.9.